The van der Waals surface area contributed by atoms with Crippen LogP contribution in [0.25, 0.3) is 0 Å². The second-order valence-electron chi connectivity index (χ2n) is 5.86. The van der Waals surface area contributed by atoms with E-state index in [9.17, 15) is 14.0 Å². The first kappa shape index (κ1) is 17.8. The smallest absolute Gasteiger partial charge is 0.244 e. The van der Waals surface area contributed by atoms with Crippen molar-refractivity contribution >= 4 is 23.6 Å². The molecule has 23 heavy (non-hydrogen) atoms. The van der Waals surface area contributed by atoms with Gasteiger partial charge >= 0.3 is 0 Å². The van der Waals surface area contributed by atoms with Gasteiger partial charge in [-0.05, 0) is 25.0 Å². The van der Waals surface area contributed by atoms with Gasteiger partial charge in [0.05, 0.1) is 0 Å². The number of thioether (sulfide) groups is 1. The van der Waals surface area contributed by atoms with E-state index in [0.29, 0.717) is 12.0 Å². The Morgan fingerprint density at radius 1 is 1.26 bits per heavy atom. The van der Waals surface area contributed by atoms with Crippen LogP contribution in [0.4, 0.5) is 4.39 Å². The highest BCUT2D eigenvalue weighted by Crippen LogP contribution is 2.14. The normalized spacial score (nSPS) is 17.4. The first-order valence-corrected chi connectivity index (χ1v) is 9.05. The van der Waals surface area contributed by atoms with Crippen molar-refractivity contribution in [3.63, 3.8) is 0 Å². The van der Waals surface area contributed by atoms with E-state index in [4.69, 9.17) is 0 Å². The van der Waals surface area contributed by atoms with Gasteiger partial charge in [-0.2, -0.15) is 11.8 Å². The second-order valence-corrected chi connectivity index (χ2v) is 7.09. The highest BCUT2D eigenvalue weighted by molar-refractivity contribution is 7.99. The van der Waals surface area contributed by atoms with Crippen LogP contribution in [0, 0.1) is 11.7 Å². The number of carbonyl (C=O) groups is 2. The van der Waals surface area contributed by atoms with E-state index in [1.54, 1.807) is 36.9 Å². The van der Waals surface area contributed by atoms with Gasteiger partial charge in [0, 0.05) is 30.5 Å². The highest BCUT2D eigenvalue weighted by atomic mass is 32.2. The summed E-state index contributed by atoms with van der Waals surface area (Å²) in [6.45, 7) is 4.91. The summed E-state index contributed by atoms with van der Waals surface area (Å²) in [4.78, 5) is 26.4. The number of rotatable bonds is 5. The number of halogens is 1. The monoisotopic (exact) mass is 338 g/mol. The van der Waals surface area contributed by atoms with Crippen LogP contribution in [0.15, 0.2) is 24.3 Å². The lowest BCUT2D eigenvalue weighted by Gasteiger charge is -2.29. The molecule has 4 nitrogen and oxygen atoms in total. The van der Waals surface area contributed by atoms with Crippen molar-refractivity contribution in [2.45, 2.75) is 26.3 Å². The number of amides is 2. The van der Waals surface area contributed by atoms with Crippen molar-refractivity contribution in [3.8, 4) is 0 Å². The molecule has 0 unspecified atom stereocenters. The summed E-state index contributed by atoms with van der Waals surface area (Å²) in [6.07, 6.45) is 0.319. The summed E-state index contributed by atoms with van der Waals surface area (Å²) in [5.41, 5.74) is 0.516. The molecule has 2 atom stereocenters. The van der Waals surface area contributed by atoms with Crippen molar-refractivity contribution < 1.29 is 14.0 Å². The number of carbonyl (C=O) groups excluding carboxylic acids is 2. The van der Waals surface area contributed by atoms with Gasteiger partial charge in [0.25, 0.3) is 0 Å². The number of hydrogen-bond donors (Lipinski definition) is 1. The van der Waals surface area contributed by atoms with Crippen LogP contribution in [0.5, 0.6) is 0 Å². The van der Waals surface area contributed by atoms with Crippen molar-refractivity contribution in [1.29, 1.82) is 0 Å². The van der Waals surface area contributed by atoms with Crippen LogP contribution in [0.1, 0.15) is 19.4 Å². The van der Waals surface area contributed by atoms with Gasteiger partial charge < -0.3 is 10.2 Å². The molecule has 1 aliphatic heterocycles. The molecule has 0 saturated carbocycles. The molecule has 1 aliphatic rings. The molecule has 1 aromatic rings. The van der Waals surface area contributed by atoms with E-state index in [2.05, 4.69) is 5.32 Å². The quantitative estimate of drug-likeness (QED) is 0.894. The Hall–Kier alpha value is -1.56. The molecule has 0 radical (unpaired) electrons. The SMILES string of the molecule is C[C@H](Cc1ccccc1F)C(=O)N[C@@H](C)C(=O)N1CCSCC1. The molecule has 6 heteroatoms. The van der Waals surface area contributed by atoms with E-state index in [-0.39, 0.29) is 23.5 Å². The first-order valence-electron chi connectivity index (χ1n) is 7.89. The van der Waals surface area contributed by atoms with Gasteiger partial charge in [0.15, 0.2) is 0 Å². The standard InChI is InChI=1S/C17H23FN2O2S/c1-12(11-14-5-3-4-6-15(14)18)16(21)19-13(2)17(22)20-7-9-23-10-8-20/h3-6,12-13H,7-11H2,1-2H3,(H,19,21)/t12-,13+/m1/s1. The molecule has 1 fully saturated rings. The minimum absolute atomic E-state index is 0.0447. The van der Waals surface area contributed by atoms with E-state index in [0.717, 1.165) is 24.6 Å². The van der Waals surface area contributed by atoms with Gasteiger partial charge in [-0.1, -0.05) is 25.1 Å². The van der Waals surface area contributed by atoms with E-state index in [1.807, 2.05) is 11.8 Å². The Labute approximate surface area is 140 Å². The Kier molecular flexibility index (Phi) is 6.45. The minimum Gasteiger partial charge on any atom is -0.344 e. The first-order chi connectivity index (χ1) is 11.0. The summed E-state index contributed by atoms with van der Waals surface area (Å²) >= 11 is 1.83. The van der Waals surface area contributed by atoms with Gasteiger partial charge in [-0.25, -0.2) is 4.39 Å². The predicted octanol–water partition coefficient (Wildman–Crippen LogP) is 2.08. The van der Waals surface area contributed by atoms with Crippen molar-refractivity contribution in [2.24, 2.45) is 5.92 Å². The maximum absolute atomic E-state index is 13.7. The van der Waals surface area contributed by atoms with E-state index < -0.39 is 6.04 Å². The molecule has 0 spiro atoms. The second kappa shape index (κ2) is 8.34. The fourth-order valence-electron chi connectivity index (χ4n) is 2.56. The number of benzene rings is 1. The average molecular weight is 338 g/mol. The molecule has 2 amide bonds. The molecule has 2 rings (SSSR count). The molecule has 0 aromatic heterocycles. The summed E-state index contributed by atoms with van der Waals surface area (Å²) < 4.78 is 13.7. The Balaban J connectivity index is 1.87. The van der Waals surface area contributed by atoms with Gasteiger partial charge in [0.2, 0.25) is 11.8 Å². The zero-order chi connectivity index (χ0) is 16.8. The molecule has 1 heterocycles. The topological polar surface area (TPSA) is 49.4 Å². The maximum Gasteiger partial charge on any atom is 0.244 e. The largest absolute Gasteiger partial charge is 0.344 e. The maximum atomic E-state index is 13.7. The van der Waals surface area contributed by atoms with Gasteiger partial charge in [-0.15, -0.1) is 0 Å². The number of nitrogens with zero attached hydrogens (tertiary/aromatic N) is 1. The number of hydrogen-bond acceptors (Lipinski definition) is 3. The average Bonchev–Trinajstić information content (AvgIpc) is 2.56. The van der Waals surface area contributed by atoms with Crippen molar-refractivity contribution in [1.82, 2.24) is 10.2 Å². The van der Waals surface area contributed by atoms with Crippen LogP contribution in [0.3, 0.4) is 0 Å². The van der Waals surface area contributed by atoms with Crippen LogP contribution in [-0.4, -0.2) is 47.4 Å². The summed E-state index contributed by atoms with van der Waals surface area (Å²) in [7, 11) is 0. The lowest BCUT2D eigenvalue weighted by atomic mass is 9.99. The van der Waals surface area contributed by atoms with Crippen molar-refractivity contribution in [2.75, 3.05) is 24.6 Å². The third-order valence-corrected chi connectivity index (χ3v) is 4.93. The summed E-state index contributed by atoms with van der Waals surface area (Å²) in [5, 5.41) is 2.76. The lowest BCUT2D eigenvalue weighted by molar-refractivity contribution is -0.136. The Bertz CT molecular complexity index is 561. The fourth-order valence-corrected chi connectivity index (χ4v) is 3.46. The van der Waals surface area contributed by atoms with E-state index >= 15 is 0 Å². The molecular weight excluding hydrogens is 315 g/mol. The molecular formula is C17H23FN2O2S. The zero-order valence-electron chi connectivity index (χ0n) is 13.5. The predicted molar refractivity (Wildman–Crippen MR) is 90.8 cm³/mol. The zero-order valence-corrected chi connectivity index (χ0v) is 14.4. The minimum atomic E-state index is -0.548. The molecule has 1 N–H and O–H groups in total. The molecule has 0 bridgehead atoms. The van der Waals surface area contributed by atoms with Crippen molar-refractivity contribution in [3.05, 3.63) is 35.6 Å². The van der Waals surface area contributed by atoms with Gasteiger partial charge in [-0.3, -0.25) is 9.59 Å². The van der Waals surface area contributed by atoms with Gasteiger partial charge in [0.1, 0.15) is 11.9 Å². The third kappa shape index (κ3) is 4.96. The molecule has 0 aliphatic carbocycles. The van der Waals surface area contributed by atoms with Crippen LogP contribution in [-0.2, 0) is 16.0 Å². The summed E-state index contributed by atoms with van der Waals surface area (Å²) in [6, 6.07) is 5.90. The lowest BCUT2D eigenvalue weighted by Crippen LogP contribution is -2.50. The third-order valence-electron chi connectivity index (χ3n) is 3.98. The Morgan fingerprint density at radius 3 is 2.57 bits per heavy atom. The number of nitrogens with one attached hydrogen (secondary N) is 1. The Morgan fingerprint density at radius 2 is 1.91 bits per heavy atom. The van der Waals surface area contributed by atoms with E-state index in [1.165, 1.54) is 6.07 Å². The highest BCUT2D eigenvalue weighted by Gasteiger charge is 2.25. The van der Waals surface area contributed by atoms with Crippen LogP contribution >= 0.6 is 11.8 Å². The molecule has 126 valence electrons. The van der Waals surface area contributed by atoms with Crippen LogP contribution < -0.4 is 5.32 Å². The summed E-state index contributed by atoms with van der Waals surface area (Å²) in [5.74, 6) is 0.921. The fraction of sp³-hybridized carbons (Fsp3) is 0.529. The molecule has 1 aromatic carbocycles. The molecule has 1 saturated heterocycles. The van der Waals surface area contributed by atoms with Crippen LogP contribution in [0.2, 0.25) is 0 Å².